The van der Waals surface area contributed by atoms with Crippen LogP contribution in [0.1, 0.15) is 46.1 Å². The molecule has 1 aromatic rings. The Morgan fingerprint density at radius 1 is 1.20 bits per heavy atom. The largest absolute Gasteiger partial charge is 0.386 e. The maximum Gasteiger partial charge on any atom is 0.0965 e. The summed E-state index contributed by atoms with van der Waals surface area (Å²) in [5.74, 6) is 0.663. The van der Waals surface area contributed by atoms with Crippen molar-refractivity contribution in [1.29, 1.82) is 0 Å². The van der Waals surface area contributed by atoms with Gasteiger partial charge in [-0.3, -0.25) is 0 Å². The van der Waals surface area contributed by atoms with Crippen LogP contribution in [0.4, 0.5) is 0 Å². The third-order valence-electron chi connectivity index (χ3n) is 4.26. The Morgan fingerprint density at radius 2 is 1.80 bits per heavy atom. The first kappa shape index (κ1) is 21.1. The molecule has 0 aromatic heterocycles. The monoisotopic (exact) mass is 344 g/mol. The van der Waals surface area contributed by atoms with E-state index >= 15 is 0 Å². The second-order valence-corrected chi connectivity index (χ2v) is 7.85. The third kappa shape index (κ3) is 7.22. The highest BCUT2D eigenvalue weighted by atomic mass is 15.0. The van der Waals surface area contributed by atoms with Crippen LogP contribution in [0.2, 0.25) is 0 Å². The summed E-state index contributed by atoms with van der Waals surface area (Å²) in [5.41, 5.74) is 16.2. The van der Waals surface area contributed by atoms with Crippen LogP contribution in [0.3, 0.4) is 0 Å². The number of allylic oxidation sites excluding steroid dienone is 1. The van der Waals surface area contributed by atoms with Crippen LogP contribution in [-0.4, -0.2) is 19.1 Å². The van der Waals surface area contributed by atoms with Crippen molar-refractivity contribution >= 4 is 0 Å². The Labute approximate surface area is 153 Å². The molecule has 25 heavy (non-hydrogen) atoms. The van der Waals surface area contributed by atoms with Gasteiger partial charge in [0, 0.05) is 24.8 Å². The van der Waals surface area contributed by atoms with Crippen molar-refractivity contribution in [3.8, 4) is 0 Å². The first-order valence-electron chi connectivity index (χ1n) is 9.08. The van der Waals surface area contributed by atoms with Crippen LogP contribution in [0.25, 0.3) is 0 Å². The van der Waals surface area contributed by atoms with Gasteiger partial charge >= 0.3 is 0 Å². The number of rotatable bonds is 9. The fourth-order valence-electron chi connectivity index (χ4n) is 3.10. The molecule has 6 N–H and O–H groups in total. The van der Waals surface area contributed by atoms with E-state index in [0.717, 1.165) is 30.5 Å². The minimum atomic E-state index is -0.186. The van der Waals surface area contributed by atoms with E-state index in [-0.39, 0.29) is 17.5 Å². The average molecular weight is 345 g/mol. The molecule has 0 heterocycles. The first-order chi connectivity index (χ1) is 11.7. The van der Waals surface area contributed by atoms with E-state index in [9.17, 15) is 0 Å². The Balaban J connectivity index is 3.03. The molecule has 0 bridgehead atoms. The lowest BCUT2D eigenvalue weighted by molar-refractivity contribution is 0.381. The van der Waals surface area contributed by atoms with E-state index in [0.29, 0.717) is 5.82 Å². The van der Waals surface area contributed by atoms with Crippen molar-refractivity contribution in [2.24, 2.45) is 16.9 Å². The predicted molar refractivity (Wildman–Crippen MR) is 109 cm³/mol. The van der Waals surface area contributed by atoms with Crippen LogP contribution in [-0.2, 0) is 6.42 Å². The molecule has 0 fully saturated rings. The van der Waals surface area contributed by atoms with Crippen molar-refractivity contribution in [3.05, 3.63) is 59.6 Å². The number of nitrogens with two attached hydrogens (primary N) is 2. The van der Waals surface area contributed by atoms with E-state index in [1.54, 1.807) is 0 Å². The van der Waals surface area contributed by atoms with Gasteiger partial charge in [-0.25, -0.2) is 0 Å². The van der Waals surface area contributed by atoms with Gasteiger partial charge in [0.15, 0.2) is 0 Å². The zero-order chi connectivity index (χ0) is 19.0. The number of hydrogen-bond acceptors (Lipinski definition) is 4. The molecule has 1 rings (SSSR count). The Bertz CT molecular complexity index is 569. The minimum Gasteiger partial charge on any atom is -0.386 e. The quantitative estimate of drug-likeness (QED) is 0.554. The molecular weight excluding hydrogens is 308 g/mol. The van der Waals surface area contributed by atoms with Gasteiger partial charge in [-0.1, -0.05) is 64.6 Å². The molecule has 0 saturated carbocycles. The maximum atomic E-state index is 6.63. The van der Waals surface area contributed by atoms with E-state index < -0.39 is 0 Å². The molecular formula is C21H36N4. The van der Waals surface area contributed by atoms with Crippen molar-refractivity contribution in [1.82, 2.24) is 10.6 Å². The molecule has 4 nitrogen and oxygen atoms in total. The summed E-state index contributed by atoms with van der Waals surface area (Å²) in [6.45, 7) is 12.9. The normalized spacial score (nSPS) is 15.1. The van der Waals surface area contributed by atoms with E-state index in [1.165, 1.54) is 5.56 Å². The maximum absolute atomic E-state index is 6.63. The van der Waals surface area contributed by atoms with Crippen LogP contribution in [0, 0.1) is 5.41 Å². The first-order valence-corrected chi connectivity index (χ1v) is 9.08. The van der Waals surface area contributed by atoms with Gasteiger partial charge in [0.2, 0.25) is 0 Å². The topological polar surface area (TPSA) is 76.1 Å². The molecule has 0 amide bonds. The van der Waals surface area contributed by atoms with Gasteiger partial charge in [0.25, 0.3) is 0 Å². The second kappa shape index (κ2) is 9.52. The highest BCUT2D eigenvalue weighted by Crippen LogP contribution is 2.23. The molecule has 4 heteroatoms. The molecule has 140 valence electrons. The van der Waals surface area contributed by atoms with Crippen LogP contribution < -0.4 is 22.1 Å². The number of hydrogen-bond donors (Lipinski definition) is 4. The summed E-state index contributed by atoms with van der Waals surface area (Å²) >= 11 is 0. The van der Waals surface area contributed by atoms with Crippen molar-refractivity contribution in [2.45, 2.75) is 59.0 Å². The number of nitrogens with one attached hydrogen (secondary N) is 2. The zero-order valence-corrected chi connectivity index (χ0v) is 16.5. The van der Waals surface area contributed by atoms with E-state index in [2.05, 4.69) is 69.2 Å². The summed E-state index contributed by atoms with van der Waals surface area (Å²) in [6, 6.07) is 10.3. The Kier molecular flexibility index (Phi) is 8.04. The van der Waals surface area contributed by atoms with E-state index in [1.807, 2.05) is 13.1 Å². The minimum absolute atomic E-state index is 0.0408. The fraction of sp³-hybridized carbons (Fsp3) is 0.524. The summed E-state index contributed by atoms with van der Waals surface area (Å²) in [6.07, 6.45) is 2.54. The molecule has 2 unspecified atom stereocenters. The van der Waals surface area contributed by atoms with Gasteiger partial charge in [-0.15, -0.1) is 0 Å². The lowest BCUT2D eigenvalue weighted by Gasteiger charge is -2.31. The molecule has 0 spiro atoms. The predicted octanol–water partition coefficient (Wildman–Crippen LogP) is 3.26. The molecule has 2 atom stereocenters. The highest BCUT2D eigenvalue weighted by molar-refractivity contribution is 5.23. The van der Waals surface area contributed by atoms with Crippen molar-refractivity contribution in [2.75, 3.05) is 7.05 Å². The molecule has 0 saturated heterocycles. The summed E-state index contributed by atoms with van der Waals surface area (Å²) in [4.78, 5) is 0. The van der Waals surface area contributed by atoms with Crippen LogP contribution in [0.5, 0.6) is 0 Å². The van der Waals surface area contributed by atoms with Crippen LogP contribution >= 0.6 is 0 Å². The fourth-order valence-corrected chi connectivity index (χ4v) is 3.10. The molecule has 0 aliphatic heterocycles. The summed E-state index contributed by atoms with van der Waals surface area (Å²) in [5, 5.41) is 6.61. The van der Waals surface area contributed by atoms with Gasteiger partial charge in [-0.05, 0) is 35.8 Å². The van der Waals surface area contributed by atoms with Gasteiger partial charge in [0.1, 0.15) is 0 Å². The summed E-state index contributed by atoms with van der Waals surface area (Å²) in [7, 11) is 1.83. The van der Waals surface area contributed by atoms with Gasteiger partial charge in [0.05, 0.1) is 5.82 Å². The molecule has 0 radical (unpaired) electrons. The molecule has 1 aromatic carbocycles. The van der Waals surface area contributed by atoms with Gasteiger partial charge in [-0.2, -0.15) is 0 Å². The Hall–Kier alpha value is -1.94. The van der Waals surface area contributed by atoms with Crippen molar-refractivity contribution < 1.29 is 0 Å². The lowest BCUT2D eigenvalue weighted by atomic mass is 9.89. The number of benzene rings is 1. The van der Waals surface area contributed by atoms with Crippen LogP contribution in [0.15, 0.2) is 54.0 Å². The zero-order valence-electron chi connectivity index (χ0n) is 16.5. The smallest absolute Gasteiger partial charge is 0.0965 e. The highest BCUT2D eigenvalue weighted by Gasteiger charge is 2.24. The third-order valence-corrected chi connectivity index (χ3v) is 4.26. The van der Waals surface area contributed by atoms with Crippen molar-refractivity contribution in [3.63, 3.8) is 0 Å². The van der Waals surface area contributed by atoms with Gasteiger partial charge < -0.3 is 22.1 Å². The SMILES string of the molecule is C=C(CC(C)(C)C)NC(Cc1ccccc1)C(N)/C(CC)=C(/N)NC. The molecule has 0 aliphatic rings. The lowest BCUT2D eigenvalue weighted by Crippen LogP contribution is -2.48. The Morgan fingerprint density at radius 3 is 2.28 bits per heavy atom. The van der Waals surface area contributed by atoms with E-state index in [4.69, 9.17) is 11.5 Å². The molecule has 0 aliphatic carbocycles. The summed E-state index contributed by atoms with van der Waals surface area (Å²) < 4.78 is 0. The average Bonchev–Trinajstić information content (AvgIpc) is 2.53. The second-order valence-electron chi connectivity index (χ2n) is 7.85. The standard InChI is InChI=1S/C21H36N4/c1-7-17(20(23)24-6)19(22)18(13-16-11-9-8-10-12-16)25-15(2)14-21(3,4)5/h8-12,18-19,24-25H,2,7,13-14,22-23H2,1,3-6H3/b20-17-.